The Hall–Kier alpha value is -3.49. The van der Waals surface area contributed by atoms with E-state index in [1.165, 1.54) is 34.9 Å². The maximum atomic E-state index is 13.6. The van der Waals surface area contributed by atoms with Gasteiger partial charge in [0.15, 0.2) is 23.0 Å². The molecule has 0 bridgehead atoms. The first-order chi connectivity index (χ1) is 18.9. The highest BCUT2D eigenvalue weighted by molar-refractivity contribution is 7.95. The van der Waals surface area contributed by atoms with Gasteiger partial charge in [0.1, 0.15) is 11.6 Å². The first kappa shape index (κ1) is 28.5. The number of halogens is 2. The zero-order valence-corrected chi connectivity index (χ0v) is 23.4. The summed E-state index contributed by atoms with van der Waals surface area (Å²) in [7, 11) is 4.98. The number of methoxy groups -OCH3 is 3. The standard InChI is InChI=1S/C26H26FNO4S.C5H7F/c1-29-23-8-7-20-21(26(23)32-33-19-6-4-5-18(27)14-19)9-10-28-15-17-13-25(31-3)24(30-2)12-16(17)11-22(20)28;1-3-4-5(2)6/h4-8,12-14,22H,9-11,15H2,1-3H3;3-4H,2H2,1H3/b;4-3-. The van der Waals surface area contributed by atoms with Gasteiger partial charge < -0.3 is 18.4 Å². The van der Waals surface area contributed by atoms with E-state index in [9.17, 15) is 8.78 Å². The summed E-state index contributed by atoms with van der Waals surface area (Å²) in [5.74, 6) is 2.26. The first-order valence-electron chi connectivity index (χ1n) is 12.6. The minimum Gasteiger partial charge on any atom is -0.493 e. The number of hydrogen-bond acceptors (Lipinski definition) is 6. The third-order valence-electron chi connectivity index (χ3n) is 6.79. The number of fused-ring (bicyclic) bond motifs is 4. The minimum atomic E-state index is -0.391. The Labute approximate surface area is 233 Å². The van der Waals surface area contributed by atoms with Gasteiger partial charge in [-0.3, -0.25) is 4.90 Å². The molecule has 0 N–H and O–H groups in total. The predicted molar refractivity (Wildman–Crippen MR) is 151 cm³/mol. The fourth-order valence-corrected chi connectivity index (χ4v) is 5.65. The van der Waals surface area contributed by atoms with Crippen LogP contribution in [-0.4, -0.2) is 32.8 Å². The third-order valence-corrected chi connectivity index (χ3v) is 7.48. The predicted octanol–water partition coefficient (Wildman–Crippen LogP) is 7.64. The molecule has 2 heterocycles. The van der Waals surface area contributed by atoms with Gasteiger partial charge in [-0.25, -0.2) is 8.78 Å². The number of ether oxygens (including phenoxy) is 3. The molecule has 5 nitrogen and oxygen atoms in total. The van der Waals surface area contributed by atoms with Crippen molar-refractivity contribution in [3.05, 3.63) is 101 Å². The maximum absolute atomic E-state index is 13.6. The Morgan fingerprint density at radius 3 is 2.33 bits per heavy atom. The molecule has 206 valence electrons. The van der Waals surface area contributed by atoms with E-state index in [1.807, 2.05) is 12.1 Å². The van der Waals surface area contributed by atoms with Crippen LogP contribution in [0.3, 0.4) is 0 Å². The lowest BCUT2D eigenvalue weighted by Gasteiger charge is -2.42. The van der Waals surface area contributed by atoms with Crippen LogP contribution in [0, 0.1) is 5.82 Å². The quantitative estimate of drug-likeness (QED) is 0.221. The molecule has 0 aromatic heterocycles. The molecule has 5 rings (SSSR count). The van der Waals surface area contributed by atoms with Crippen LogP contribution in [0.4, 0.5) is 8.78 Å². The fraction of sp³-hybridized carbons (Fsp3) is 0.290. The highest BCUT2D eigenvalue weighted by Crippen LogP contribution is 2.46. The summed E-state index contributed by atoms with van der Waals surface area (Å²) in [5.41, 5.74) is 4.95. The number of nitrogens with zero attached hydrogens (tertiary/aromatic N) is 1. The molecule has 2 aliphatic rings. The SMILES string of the molecule is C=C(F)/C=C\C.COc1cc2c(cc1OC)CN1CCc3c(ccc(OC)c3OSc3cccc(F)c3)C1C2. The Kier molecular flexibility index (Phi) is 9.54. The van der Waals surface area contributed by atoms with Crippen LogP contribution in [0.1, 0.15) is 35.2 Å². The minimum absolute atomic E-state index is 0.242. The molecule has 8 heteroatoms. The van der Waals surface area contributed by atoms with Gasteiger partial charge in [0.05, 0.1) is 38.3 Å². The molecule has 1 unspecified atom stereocenters. The maximum Gasteiger partial charge on any atom is 0.183 e. The lowest BCUT2D eigenvalue weighted by atomic mass is 9.83. The van der Waals surface area contributed by atoms with Crippen molar-refractivity contribution in [3.63, 3.8) is 0 Å². The van der Waals surface area contributed by atoms with E-state index >= 15 is 0 Å². The molecular formula is C31H33F2NO4S. The molecule has 0 radical (unpaired) electrons. The van der Waals surface area contributed by atoms with Crippen LogP contribution in [-0.2, 0) is 19.4 Å². The summed E-state index contributed by atoms with van der Waals surface area (Å²) >= 11 is 1.15. The van der Waals surface area contributed by atoms with Crippen LogP contribution in [0.15, 0.2) is 78.0 Å². The Balaban J connectivity index is 0.000000531. The molecular weight excluding hydrogens is 520 g/mol. The molecule has 0 amide bonds. The molecule has 3 aromatic carbocycles. The average molecular weight is 554 g/mol. The summed E-state index contributed by atoms with van der Waals surface area (Å²) in [5, 5.41) is 0. The molecule has 3 aromatic rings. The van der Waals surface area contributed by atoms with E-state index in [-0.39, 0.29) is 11.9 Å². The lowest BCUT2D eigenvalue weighted by Crippen LogP contribution is -2.39. The van der Waals surface area contributed by atoms with E-state index in [0.717, 1.165) is 60.8 Å². The van der Waals surface area contributed by atoms with Crippen molar-refractivity contribution in [1.82, 2.24) is 4.90 Å². The smallest absolute Gasteiger partial charge is 0.183 e. The highest BCUT2D eigenvalue weighted by atomic mass is 32.2. The number of benzene rings is 3. The molecule has 1 atom stereocenters. The van der Waals surface area contributed by atoms with E-state index in [1.54, 1.807) is 40.4 Å². The van der Waals surface area contributed by atoms with Gasteiger partial charge in [-0.1, -0.05) is 24.8 Å². The van der Waals surface area contributed by atoms with Gasteiger partial charge in [-0.05, 0) is 78.9 Å². The lowest BCUT2D eigenvalue weighted by molar-refractivity contribution is 0.159. The molecule has 39 heavy (non-hydrogen) atoms. The number of allylic oxidation sites excluding steroid dienone is 3. The summed E-state index contributed by atoms with van der Waals surface area (Å²) < 4.78 is 47.8. The zero-order chi connectivity index (χ0) is 27.9. The highest BCUT2D eigenvalue weighted by Gasteiger charge is 2.35. The molecule has 0 spiro atoms. The van der Waals surface area contributed by atoms with Crippen molar-refractivity contribution >= 4 is 12.0 Å². The Morgan fingerprint density at radius 1 is 1.00 bits per heavy atom. The van der Waals surface area contributed by atoms with Gasteiger partial charge in [-0.2, -0.15) is 0 Å². The summed E-state index contributed by atoms with van der Waals surface area (Å²) in [4.78, 5) is 3.21. The number of hydrogen-bond donors (Lipinski definition) is 0. The second-order valence-electron chi connectivity index (χ2n) is 9.15. The monoisotopic (exact) mass is 553 g/mol. The molecule has 2 aliphatic heterocycles. The Morgan fingerprint density at radius 2 is 1.72 bits per heavy atom. The van der Waals surface area contributed by atoms with Gasteiger partial charge in [0, 0.05) is 24.7 Å². The van der Waals surface area contributed by atoms with E-state index in [0.29, 0.717) is 10.6 Å². The summed E-state index contributed by atoms with van der Waals surface area (Å²) in [6.45, 7) is 6.51. The van der Waals surface area contributed by atoms with Crippen LogP contribution >= 0.6 is 12.0 Å². The largest absolute Gasteiger partial charge is 0.493 e. The molecule has 0 saturated heterocycles. The van der Waals surface area contributed by atoms with Gasteiger partial charge >= 0.3 is 0 Å². The summed E-state index contributed by atoms with van der Waals surface area (Å²) in [6.07, 6.45) is 4.64. The van der Waals surface area contributed by atoms with E-state index < -0.39 is 5.83 Å². The fourth-order valence-electron chi connectivity index (χ4n) is 5.00. The van der Waals surface area contributed by atoms with E-state index in [4.69, 9.17) is 18.4 Å². The van der Waals surface area contributed by atoms with Crippen LogP contribution in [0.25, 0.3) is 0 Å². The second-order valence-corrected chi connectivity index (χ2v) is 9.96. The van der Waals surface area contributed by atoms with Crippen molar-refractivity contribution in [2.75, 3.05) is 27.9 Å². The van der Waals surface area contributed by atoms with Crippen molar-refractivity contribution in [1.29, 1.82) is 0 Å². The summed E-state index contributed by atoms with van der Waals surface area (Å²) in [6, 6.07) is 15.0. The van der Waals surface area contributed by atoms with Crippen molar-refractivity contribution in [2.24, 2.45) is 0 Å². The van der Waals surface area contributed by atoms with E-state index in [2.05, 4.69) is 29.7 Å². The second kappa shape index (κ2) is 13.0. The average Bonchev–Trinajstić information content (AvgIpc) is 2.94. The zero-order valence-electron chi connectivity index (χ0n) is 22.6. The topological polar surface area (TPSA) is 40.2 Å². The van der Waals surface area contributed by atoms with Crippen molar-refractivity contribution in [2.45, 2.75) is 37.2 Å². The van der Waals surface area contributed by atoms with Crippen LogP contribution in [0.2, 0.25) is 0 Å². The Bertz CT molecular complexity index is 1360. The van der Waals surface area contributed by atoms with Gasteiger partial charge in [-0.15, -0.1) is 0 Å². The number of rotatable bonds is 7. The van der Waals surface area contributed by atoms with Crippen LogP contribution < -0.4 is 18.4 Å². The third kappa shape index (κ3) is 6.57. The van der Waals surface area contributed by atoms with Crippen LogP contribution in [0.5, 0.6) is 23.0 Å². The van der Waals surface area contributed by atoms with Gasteiger partial charge in [0.25, 0.3) is 0 Å². The molecule has 0 fully saturated rings. The molecule has 0 saturated carbocycles. The molecule has 0 aliphatic carbocycles. The van der Waals surface area contributed by atoms with Gasteiger partial charge in [0.2, 0.25) is 0 Å². The normalized spacial score (nSPS) is 15.8. The van der Waals surface area contributed by atoms with Crippen molar-refractivity contribution in [3.8, 4) is 23.0 Å². The van der Waals surface area contributed by atoms with Crippen molar-refractivity contribution < 1.29 is 27.2 Å². The first-order valence-corrected chi connectivity index (χ1v) is 13.4.